The first-order chi connectivity index (χ1) is 12.2. The first-order valence-corrected chi connectivity index (χ1v) is 7.51. The van der Waals surface area contributed by atoms with Gasteiger partial charge in [0, 0.05) is 5.69 Å². The van der Waals surface area contributed by atoms with E-state index in [9.17, 15) is 9.59 Å². The molecule has 0 bridgehead atoms. The summed E-state index contributed by atoms with van der Waals surface area (Å²) in [7, 11) is 0. The molecule has 0 saturated heterocycles. The molecule has 0 saturated carbocycles. The molecule has 0 aliphatic carbocycles. The smallest absolute Gasteiger partial charge is 0.351 e. The lowest BCUT2D eigenvalue weighted by molar-refractivity contribution is -0.156. The fourth-order valence-electron chi connectivity index (χ4n) is 2.23. The molecule has 1 heterocycles. The normalized spacial score (nSPS) is 14.9. The molecule has 2 aromatic rings. The summed E-state index contributed by atoms with van der Waals surface area (Å²) in [5, 5.41) is 11.4. The van der Waals surface area contributed by atoms with E-state index < -0.39 is 24.6 Å². The number of amides is 1. The van der Waals surface area contributed by atoms with Gasteiger partial charge in [0.05, 0.1) is 11.6 Å². The Morgan fingerprint density at radius 3 is 2.80 bits per heavy atom. The molecule has 1 amide bonds. The van der Waals surface area contributed by atoms with Gasteiger partial charge in [-0.1, -0.05) is 18.2 Å². The Balaban J connectivity index is 1.51. The number of hydrogen-bond acceptors (Lipinski definition) is 6. The van der Waals surface area contributed by atoms with Crippen molar-refractivity contribution in [3.63, 3.8) is 0 Å². The number of rotatable bonds is 4. The van der Waals surface area contributed by atoms with Gasteiger partial charge in [0.1, 0.15) is 6.61 Å². The predicted molar refractivity (Wildman–Crippen MR) is 87.1 cm³/mol. The van der Waals surface area contributed by atoms with Gasteiger partial charge >= 0.3 is 5.97 Å². The summed E-state index contributed by atoms with van der Waals surface area (Å²) < 4.78 is 15.9. The largest absolute Gasteiger partial charge is 0.485 e. The fourth-order valence-corrected chi connectivity index (χ4v) is 2.23. The highest BCUT2D eigenvalue weighted by molar-refractivity contribution is 5.93. The van der Waals surface area contributed by atoms with Crippen molar-refractivity contribution >= 4 is 17.6 Å². The van der Waals surface area contributed by atoms with Crippen LogP contribution >= 0.6 is 0 Å². The summed E-state index contributed by atoms with van der Waals surface area (Å²) in [6.07, 6.45) is -0.926. The Bertz CT molecular complexity index is 843. The molecule has 126 valence electrons. The van der Waals surface area contributed by atoms with Gasteiger partial charge in [-0.2, -0.15) is 5.26 Å². The first kappa shape index (κ1) is 16.3. The average molecular weight is 338 g/mol. The predicted octanol–water partition coefficient (Wildman–Crippen LogP) is 1.88. The molecule has 0 unspecified atom stereocenters. The van der Waals surface area contributed by atoms with Crippen LogP contribution in [0.4, 0.5) is 5.69 Å². The number of carbonyl (C=O) groups is 2. The summed E-state index contributed by atoms with van der Waals surface area (Å²) in [4.78, 5) is 23.9. The van der Waals surface area contributed by atoms with Gasteiger partial charge < -0.3 is 19.5 Å². The van der Waals surface area contributed by atoms with Gasteiger partial charge in [-0.05, 0) is 30.3 Å². The molecule has 0 fully saturated rings. The van der Waals surface area contributed by atoms with Gasteiger partial charge in [-0.15, -0.1) is 0 Å². The molecular weight excluding hydrogens is 324 g/mol. The number of nitrogens with zero attached hydrogens (tertiary/aromatic N) is 1. The van der Waals surface area contributed by atoms with Crippen molar-refractivity contribution in [1.29, 1.82) is 5.26 Å². The van der Waals surface area contributed by atoms with E-state index in [1.54, 1.807) is 42.5 Å². The highest BCUT2D eigenvalue weighted by Gasteiger charge is 2.29. The summed E-state index contributed by atoms with van der Waals surface area (Å²) >= 11 is 0. The Labute approximate surface area is 143 Å². The molecule has 0 aromatic heterocycles. The van der Waals surface area contributed by atoms with Crippen LogP contribution in [-0.4, -0.2) is 31.2 Å². The number of ether oxygens (including phenoxy) is 3. The third-order valence-electron chi connectivity index (χ3n) is 3.39. The summed E-state index contributed by atoms with van der Waals surface area (Å²) in [6, 6.07) is 15.4. The van der Waals surface area contributed by atoms with Crippen LogP contribution in [0.1, 0.15) is 5.56 Å². The van der Waals surface area contributed by atoms with E-state index in [2.05, 4.69) is 5.32 Å². The van der Waals surface area contributed by atoms with E-state index in [1.807, 2.05) is 6.07 Å². The second-order valence-electron chi connectivity index (χ2n) is 5.21. The van der Waals surface area contributed by atoms with Crippen molar-refractivity contribution in [3.8, 4) is 17.6 Å². The molecule has 25 heavy (non-hydrogen) atoms. The van der Waals surface area contributed by atoms with Crippen LogP contribution in [0, 0.1) is 11.3 Å². The Morgan fingerprint density at radius 1 is 1.20 bits per heavy atom. The molecule has 1 aliphatic rings. The molecule has 7 nitrogen and oxygen atoms in total. The van der Waals surface area contributed by atoms with Gasteiger partial charge in [0.15, 0.2) is 18.1 Å². The number of nitrogens with one attached hydrogen (secondary N) is 1. The van der Waals surface area contributed by atoms with Crippen molar-refractivity contribution in [3.05, 3.63) is 54.1 Å². The maximum Gasteiger partial charge on any atom is 0.351 e. The number of hydrogen-bond donors (Lipinski definition) is 1. The second kappa shape index (κ2) is 7.36. The molecule has 7 heteroatoms. The lowest BCUT2D eigenvalue weighted by Gasteiger charge is -2.24. The van der Waals surface area contributed by atoms with E-state index in [4.69, 9.17) is 19.5 Å². The minimum Gasteiger partial charge on any atom is -0.485 e. The van der Waals surface area contributed by atoms with Crippen LogP contribution in [-0.2, 0) is 14.3 Å². The number of nitriles is 1. The third-order valence-corrected chi connectivity index (χ3v) is 3.39. The maximum absolute atomic E-state index is 12.0. The zero-order valence-corrected chi connectivity index (χ0v) is 13.1. The van der Waals surface area contributed by atoms with E-state index in [-0.39, 0.29) is 6.61 Å². The van der Waals surface area contributed by atoms with Crippen LogP contribution in [0.5, 0.6) is 11.5 Å². The maximum atomic E-state index is 12.0. The van der Waals surface area contributed by atoms with E-state index in [0.29, 0.717) is 22.7 Å². The van der Waals surface area contributed by atoms with E-state index in [1.165, 1.54) is 6.07 Å². The zero-order chi connectivity index (χ0) is 17.6. The number of carbonyl (C=O) groups excluding carboxylic acids is 2. The van der Waals surface area contributed by atoms with Gasteiger partial charge in [-0.25, -0.2) is 4.79 Å². The molecule has 2 aromatic carbocycles. The summed E-state index contributed by atoms with van der Waals surface area (Å²) in [5.74, 6) is -0.189. The minimum atomic E-state index is -0.926. The van der Waals surface area contributed by atoms with Gasteiger partial charge in [0.2, 0.25) is 6.10 Å². The number of benzene rings is 2. The Morgan fingerprint density at radius 2 is 2.00 bits per heavy atom. The van der Waals surface area contributed by atoms with Crippen molar-refractivity contribution in [2.45, 2.75) is 6.10 Å². The van der Waals surface area contributed by atoms with Crippen LogP contribution in [0.3, 0.4) is 0 Å². The molecular formula is C18H14N2O5. The van der Waals surface area contributed by atoms with Crippen molar-refractivity contribution in [2.24, 2.45) is 0 Å². The first-order valence-electron chi connectivity index (χ1n) is 7.51. The molecule has 0 spiro atoms. The van der Waals surface area contributed by atoms with Crippen LogP contribution < -0.4 is 14.8 Å². The molecule has 1 aliphatic heterocycles. The van der Waals surface area contributed by atoms with Crippen LogP contribution in [0.2, 0.25) is 0 Å². The monoisotopic (exact) mass is 338 g/mol. The quantitative estimate of drug-likeness (QED) is 0.855. The van der Waals surface area contributed by atoms with Gasteiger partial charge in [0.25, 0.3) is 5.91 Å². The molecule has 0 radical (unpaired) electrons. The van der Waals surface area contributed by atoms with Crippen molar-refractivity contribution in [1.82, 2.24) is 0 Å². The van der Waals surface area contributed by atoms with Crippen LogP contribution in [0.15, 0.2) is 48.5 Å². The Kier molecular flexibility index (Phi) is 4.81. The topological polar surface area (TPSA) is 97.7 Å². The number of esters is 1. The van der Waals surface area contributed by atoms with E-state index >= 15 is 0 Å². The molecule has 3 rings (SSSR count). The molecule has 1 N–H and O–H groups in total. The van der Waals surface area contributed by atoms with Crippen molar-refractivity contribution in [2.75, 3.05) is 18.5 Å². The highest BCUT2D eigenvalue weighted by atomic mass is 16.6. The number of anilines is 1. The number of fused-ring (bicyclic) bond motifs is 1. The standard InChI is InChI=1S/C18H14N2O5/c19-9-12-4-3-5-13(8-12)20-17(21)11-24-18(22)16-10-23-14-6-1-2-7-15(14)25-16/h1-8,16H,10-11H2,(H,20,21)/t16-/m0/s1. The third kappa shape index (κ3) is 4.06. The summed E-state index contributed by atoms with van der Waals surface area (Å²) in [5.41, 5.74) is 0.868. The minimum absolute atomic E-state index is 0.0156. The van der Waals surface area contributed by atoms with Crippen LogP contribution in [0.25, 0.3) is 0 Å². The molecule has 1 atom stereocenters. The lowest BCUT2D eigenvalue weighted by atomic mass is 10.2. The van der Waals surface area contributed by atoms with Gasteiger partial charge in [-0.3, -0.25) is 4.79 Å². The zero-order valence-electron chi connectivity index (χ0n) is 13.1. The SMILES string of the molecule is N#Cc1cccc(NC(=O)COC(=O)[C@@H]2COc3ccccc3O2)c1. The average Bonchev–Trinajstić information content (AvgIpc) is 2.65. The Hall–Kier alpha value is -3.53. The number of para-hydroxylation sites is 2. The van der Waals surface area contributed by atoms with E-state index in [0.717, 1.165) is 0 Å². The second-order valence-corrected chi connectivity index (χ2v) is 5.21. The fraction of sp³-hybridized carbons (Fsp3) is 0.167. The lowest BCUT2D eigenvalue weighted by Crippen LogP contribution is -2.39. The van der Waals surface area contributed by atoms with Crippen molar-refractivity contribution < 1.29 is 23.8 Å². The summed E-state index contributed by atoms with van der Waals surface area (Å²) in [6.45, 7) is -0.446. The highest BCUT2D eigenvalue weighted by Crippen LogP contribution is 2.31.